The zero-order valence-corrected chi connectivity index (χ0v) is 11.9. The summed E-state index contributed by atoms with van der Waals surface area (Å²) in [6.07, 6.45) is 2.16. The lowest BCUT2D eigenvalue weighted by atomic mass is 9.87. The normalized spacial score (nSPS) is 25.6. The molecule has 2 saturated heterocycles. The van der Waals surface area contributed by atoms with E-state index in [0.717, 1.165) is 17.5 Å². The number of likely N-dealkylation sites (tertiary alicyclic amines) is 1. The topological polar surface area (TPSA) is 81.5 Å². The summed E-state index contributed by atoms with van der Waals surface area (Å²) in [7, 11) is 1.49. The Morgan fingerprint density at radius 3 is 2.76 bits per heavy atom. The number of carbonyl (C=O) groups is 2. The summed E-state index contributed by atoms with van der Waals surface area (Å²) in [5.41, 5.74) is -0.777. The van der Waals surface area contributed by atoms with Gasteiger partial charge in [-0.2, -0.15) is 5.10 Å². The molecule has 2 fully saturated rings. The largest absolute Gasteiger partial charge is 0.367 e. The summed E-state index contributed by atoms with van der Waals surface area (Å²) < 4.78 is 6.73. The van der Waals surface area contributed by atoms with Crippen LogP contribution < -0.4 is 5.56 Å². The van der Waals surface area contributed by atoms with Crippen LogP contribution >= 0.6 is 0 Å². The van der Waals surface area contributed by atoms with E-state index in [-0.39, 0.29) is 29.5 Å². The van der Waals surface area contributed by atoms with E-state index in [0.29, 0.717) is 19.6 Å². The molecule has 0 radical (unpaired) electrons. The maximum atomic E-state index is 12.4. The molecule has 3 heterocycles. The molecule has 7 heteroatoms. The molecule has 3 rings (SSSR count). The molecule has 0 bridgehead atoms. The third-order valence-corrected chi connectivity index (χ3v) is 4.20. The molecule has 0 unspecified atom stereocenters. The predicted octanol–water partition coefficient (Wildman–Crippen LogP) is -0.256. The second-order valence-electron chi connectivity index (χ2n) is 5.53. The Morgan fingerprint density at radius 2 is 2.14 bits per heavy atom. The van der Waals surface area contributed by atoms with Crippen molar-refractivity contribution in [1.29, 1.82) is 0 Å². The first-order valence-electron chi connectivity index (χ1n) is 7.03. The quantitative estimate of drug-likeness (QED) is 0.712. The van der Waals surface area contributed by atoms with Crippen LogP contribution in [0.2, 0.25) is 0 Å². The monoisotopic (exact) mass is 291 g/mol. The number of carbonyl (C=O) groups excluding carboxylic acids is 2. The predicted molar refractivity (Wildman–Crippen MR) is 72.9 cm³/mol. The molecule has 0 saturated carbocycles. The van der Waals surface area contributed by atoms with E-state index < -0.39 is 5.60 Å². The summed E-state index contributed by atoms with van der Waals surface area (Å²) in [5, 5.41) is 3.93. The van der Waals surface area contributed by atoms with E-state index in [1.807, 2.05) is 0 Å². The van der Waals surface area contributed by atoms with E-state index in [2.05, 4.69) is 5.10 Å². The van der Waals surface area contributed by atoms with Crippen LogP contribution in [0.1, 0.15) is 29.8 Å². The van der Waals surface area contributed by atoms with Crippen molar-refractivity contribution in [3.63, 3.8) is 0 Å². The number of Topliss-reactive ketones (excluding diaryl/α,β-unsaturated/α-hetero) is 1. The van der Waals surface area contributed by atoms with E-state index >= 15 is 0 Å². The molecule has 0 aliphatic carbocycles. The van der Waals surface area contributed by atoms with Gasteiger partial charge in [-0.3, -0.25) is 14.4 Å². The van der Waals surface area contributed by atoms with Gasteiger partial charge < -0.3 is 9.64 Å². The number of hydrogen-bond acceptors (Lipinski definition) is 5. The van der Waals surface area contributed by atoms with E-state index in [1.165, 1.54) is 24.1 Å². The fourth-order valence-electron chi connectivity index (χ4n) is 2.92. The molecule has 1 spiro atoms. The number of rotatable bonds is 1. The third kappa shape index (κ3) is 2.37. The van der Waals surface area contributed by atoms with E-state index in [9.17, 15) is 14.4 Å². The van der Waals surface area contributed by atoms with Crippen molar-refractivity contribution in [3.8, 4) is 0 Å². The van der Waals surface area contributed by atoms with Crippen molar-refractivity contribution in [3.05, 3.63) is 28.2 Å². The van der Waals surface area contributed by atoms with Crippen molar-refractivity contribution in [2.75, 3.05) is 19.7 Å². The fourth-order valence-corrected chi connectivity index (χ4v) is 2.92. The minimum atomic E-state index is -0.673. The number of amides is 1. The van der Waals surface area contributed by atoms with Gasteiger partial charge in [0.25, 0.3) is 11.5 Å². The van der Waals surface area contributed by atoms with Gasteiger partial charge in [0.1, 0.15) is 11.3 Å². The summed E-state index contributed by atoms with van der Waals surface area (Å²) in [5.74, 6) is -0.365. The molecule has 0 aromatic carbocycles. The highest BCUT2D eigenvalue weighted by molar-refractivity contribution is 5.98. The van der Waals surface area contributed by atoms with Crippen LogP contribution in [-0.2, 0) is 16.6 Å². The molecule has 2 aliphatic heterocycles. The molecule has 1 aromatic rings. The van der Waals surface area contributed by atoms with Crippen LogP contribution in [0.5, 0.6) is 0 Å². The van der Waals surface area contributed by atoms with E-state index in [4.69, 9.17) is 4.74 Å². The molecule has 1 atom stereocenters. The lowest BCUT2D eigenvalue weighted by Crippen LogP contribution is -2.54. The SMILES string of the molecule is Cn1nc(C(=O)N2CC[C@]3(CCCO3)C(=O)C2)ccc1=O. The molecular formula is C14H17N3O4. The Bertz CT molecular complexity index is 646. The van der Waals surface area contributed by atoms with Gasteiger partial charge in [-0.25, -0.2) is 4.68 Å². The lowest BCUT2D eigenvalue weighted by Gasteiger charge is -2.36. The molecule has 2 aliphatic rings. The van der Waals surface area contributed by atoms with Crippen LogP contribution in [-0.4, -0.2) is 51.7 Å². The zero-order chi connectivity index (χ0) is 15.0. The van der Waals surface area contributed by atoms with Gasteiger partial charge in [0.2, 0.25) is 0 Å². The number of aromatic nitrogens is 2. The van der Waals surface area contributed by atoms with Crippen LogP contribution in [0.25, 0.3) is 0 Å². The Labute approximate surface area is 121 Å². The van der Waals surface area contributed by atoms with Crippen LogP contribution in [0.4, 0.5) is 0 Å². The summed E-state index contributed by atoms with van der Waals surface area (Å²) in [6.45, 7) is 1.13. The van der Waals surface area contributed by atoms with Gasteiger partial charge in [-0.1, -0.05) is 0 Å². The van der Waals surface area contributed by atoms with Gasteiger partial charge >= 0.3 is 0 Å². The molecule has 1 aromatic heterocycles. The van der Waals surface area contributed by atoms with Crippen molar-refractivity contribution >= 4 is 11.7 Å². The van der Waals surface area contributed by atoms with E-state index in [1.54, 1.807) is 0 Å². The Hall–Kier alpha value is -2.02. The Morgan fingerprint density at radius 1 is 1.33 bits per heavy atom. The van der Waals surface area contributed by atoms with Gasteiger partial charge in [0.05, 0.1) is 6.54 Å². The van der Waals surface area contributed by atoms with Crippen LogP contribution in [0, 0.1) is 0 Å². The molecule has 112 valence electrons. The average Bonchev–Trinajstić information content (AvgIpc) is 2.94. The first-order valence-corrected chi connectivity index (χ1v) is 7.03. The second-order valence-corrected chi connectivity index (χ2v) is 5.53. The lowest BCUT2D eigenvalue weighted by molar-refractivity contribution is -0.144. The van der Waals surface area contributed by atoms with Gasteiger partial charge in [-0.05, 0) is 18.9 Å². The molecular weight excluding hydrogens is 274 g/mol. The Kier molecular flexibility index (Phi) is 3.36. The van der Waals surface area contributed by atoms with Gasteiger partial charge in [0.15, 0.2) is 5.78 Å². The fraction of sp³-hybridized carbons (Fsp3) is 0.571. The number of piperidine rings is 1. The maximum absolute atomic E-state index is 12.4. The number of aryl methyl sites for hydroxylation is 1. The van der Waals surface area contributed by atoms with Gasteiger partial charge in [0, 0.05) is 32.7 Å². The average molecular weight is 291 g/mol. The first kappa shape index (κ1) is 13.9. The Balaban J connectivity index is 1.76. The number of hydrogen-bond donors (Lipinski definition) is 0. The zero-order valence-electron chi connectivity index (χ0n) is 11.9. The minimum absolute atomic E-state index is 0.0376. The summed E-state index contributed by atoms with van der Waals surface area (Å²) >= 11 is 0. The molecule has 1 amide bonds. The number of nitrogens with zero attached hydrogens (tertiary/aromatic N) is 3. The second kappa shape index (κ2) is 5.07. The highest BCUT2D eigenvalue weighted by Gasteiger charge is 2.46. The highest BCUT2D eigenvalue weighted by atomic mass is 16.5. The minimum Gasteiger partial charge on any atom is -0.367 e. The van der Waals surface area contributed by atoms with Crippen molar-refractivity contribution < 1.29 is 14.3 Å². The number of ether oxygens (including phenoxy) is 1. The molecule has 21 heavy (non-hydrogen) atoms. The third-order valence-electron chi connectivity index (χ3n) is 4.20. The summed E-state index contributed by atoms with van der Waals surface area (Å²) in [6, 6.07) is 2.69. The molecule has 7 nitrogen and oxygen atoms in total. The standard InChI is InChI=1S/C14H17N3O4/c1-16-12(19)4-3-10(15-16)13(20)17-7-6-14(11(18)9-17)5-2-8-21-14/h3-4H,2,5-9H2,1H3/t14-/m1/s1. The van der Waals surface area contributed by atoms with Crippen molar-refractivity contribution in [1.82, 2.24) is 14.7 Å². The van der Waals surface area contributed by atoms with Crippen LogP contribution in [0.15, 0.2) is 16.9 Å². The molecule has 0 N–H and O–H groups in total. The first-order chi connectivity index (χ1) is 10.0. The summed E-state index contributed by atoms with van der Waals surface area (Å²) in [4.78, 5) is 37.4. The maximum Gasteiger partial charge on any atom is 0.274 e. The van der Waals surface area contributed by atoms with Crippen molar-refractivity contribution in [2.24, 2.45) is 7.05 Å². The van der Waals surface area contributed by atoms with Crippen LogP contribution in [0.3, 0.4) is 0 Å². The van der Waals surface area contributed by atoms with Gasteiger partial charge in [-0.15, -0.1) is 0 Å². The highest BCUT2D eigenvalue weighted by Crippen LogP contribution is 2.33. The van der Waals surface area contributed by atoms with Crippen molar-refractivity contribution in [2.45, 2.75) is 24.9 Å². The smallest absolute Gasteiger partial charge is 0.274 e. The number of ketones is 1.